The van der Waals surface area contributed by atoms with Crippen LogP contribution in [-0.2, 0) is 24.9 Å². The third kappa shape index (κ3) is 3.78. The second kappa shape index (κ2) is 6.89. The molecule has 7 nitrogen and oxygen atoms in total. The summed E-state index contributed by atoms with van der Waals surface area (Å²) in [5, 5.41) is 11.1. The standard InChI is InChI=1S/C12H20N6O/c1-3-19-8-4-6-18-7-5-13-12(18)14-9-11-16-15-10-17(11)2/h5,7,10H,3-4,6,8-9H2,1-2H3,(H,13,14). The number of hydrogen-bond acceptors (Lipinski definition) is 5. The first-order valence-electron chi connectivity index (χ1n) is 6.47. The van der Waals surface area contributed by atoms with Gasteiger partial charge in [-0.1, -0.05) is 0 Å². The molecule has 0 bridgehead atoms. The molecule has 7 heteroatoms. The minimum absolute atomic E-state index is 0.610. The summed E-state index contributed by atoms with van der Waals surface area (Å²) in [4.78, 5) is 4.30. The van der Waals surface area contributed by atoms with E-state index in [1.807, 2.05) is 24.7 Å². The molecule has 0 unspecified atom stereocenters. The number of aryl methyl sites for hydroxylation is 2. The Morgan fingerprint density at radius 2 is 2.32 bits per heavy atom. The second-order valence-corrected chi connectivity index (χ2v) is 4.21. The molecular formula is C12H20N6O. The fraction of sp³-hybridized carbons (Fsp3) is 0.583. The van der Waals surface area contributed by atoms with E-state index in [-0.39, 0.29) is 0 Å². The Bertz CT molecular complexity index is 492. The number of ether oxygens (including phenoxy) is 1. The summed E-state index contributed by atoms with van der Waals surface area (Å²) in [6.45, 7) is 5.05. The SMILES string of the molecule is CCOCCCn1ccnc1NCc1nncn1C. The van der Waals surface area contributed by atoms with Gasteiger partial charge in [0.1, 0.15) is 6.33 Å². The summed E-state index contributed by atoms with van der Waals surface area (Å²) in [6, 6.07) is 0. The Kier molecular flexibility index (Phi) is 4.91. The van der Waals surface area contributed by atoms with Crippen LogP contribution < -0.4 is 5.32 Å². The lowest BCUT2D eigenvalue weighted by Crippen LogP contribution is -2.11. The van der Waals surface area contributed by atoms with Crippen molar-refractivity contribution in [3.63, 3.8) is 0 Å². The minimum Gasteiger partial charge on any atom is -0.382 e. The van der Waals surface area contributed by atoms with Crippen LogP contribution in [-0.4, -0.2) is 37.5 Å². The average molecular weight is 264 g/mol. The summed E-state index contributed by atoms with van der Waals surface area (Å²) in [6.07, 6.45) is 6.42. The van der Waals surface area contributed by atoms with E-state index in [1.165, 1.54) is 0 Å². The Morgan fingerprint density at radius 1 is 1.42 bits per heavy atom. The second-order valence-electron chi connectivity index (χ2n) is 4.21. The molecule has 0 aliphatic carbocycles. The molecule has 2 aromatic heterocycles. The Balaban J connectivity index is 1.83. The zero-order valence-corrected chi connectivity index (χ0v) is 11.4. The highest BCUT2D eigenvalue weighted by atomic mass is 16.5. The summed E-state index contributed by atoms with van der Waals surface area (Å²) >= 11 is 0. The number of nitrogens with one attached hydrogen (secondary N) is 1. The number of aromatic nitrogens is 5. The smallest absolute Gasteiger partial charge is 0.203 e. The van der Waals surface area contributed by atoms with E-state index >= 15 is 0 Å². The highest BCUT2D eigenvalue weighted by Crippen LogP contribution is 2.07. The van der Waals surface area contributed by atoms with Gasteiger partial charge in [0.15, 0.2) is 5.82 Å². The normalized spacial score (nSPS) is 10.8. The van der Waals surface area contributed by atoms with E-state index < -0.39 is 0 Å². The fourth-order valence-electron chi connectivity index (χ4n) is 1.76. The molecule has 0 saturated heterocycles. The quantitative estimate of drug-likeness (QED) is 0.722. The van der Waals surface area contributed by atoms with Gasteiger partial charge in [0.25, 0.3) is 0 Å². The monoisotopic (exact) mass is 264 g/mol. The van der Waals surface area contributed by atoms with Crippen LogP contribution in [0.5, 0.6) is 0 Å². The summed E-state index contributed by atoms with van der Waals surface area (Å²) in [5.41, 5.74) is 0. The van der Waals surface area contributed by atoms with Gasteiger partial charge in [-0.25, -0.2) is 4.98 Å². The molecule has 1 N–H and O–H groups in total. The number of anilines is 1. The third-order valence-corrected chi connectivity index (χ3v) is 2.82. The topological polar surface area (TPSA) is 69.8 Å². The average Bonchev–Trinajstić information content (AvgIpc) is 3.01. The fourth-order valence-corrected chi connectivity index (χ4v) is 1.76. The zero-order chi connectivity index (χ0) is 13.5. The predicted octanol–water partition coefficient (Wildman–Crippen LogP) is 1.05. The molecule has 0 radical (unpaired) electrons. The maximum absolute atomic E-state index is 5.33. The van der Waals surface area contributed by atoms with Gasteiger partial charge in [-0.05, 0) is 13.3 Å². The summed E-state index contributed by atoms with van der Waals surface area (Å²) in [5.74, 6) is 1.73. The van der Waals surface area contributed by atoms with Crippen LogP contribution in [0, 0.1) is 0 Å². The van der Waals surface area contributed by atoms with Gasteiger partial charge in [-0.2, -0.15) is 0 Å². The largest absolute Gasteiger partial charge is 0.382 e. The number of hydrogen-bond donors (Lipinski definition) is 1. The Labute approximate surface area is 112 Å². The van der Waals surface area contributed by atoms with E-state index in [9.17, 15) is 0 Å². The molecule has 0 amide bonds. The molecule has 0 saturated carbocycles. The van der Waals surface area contributed by atoms with Crippen molar-refractivity contribution in [1.29, 1.82) is 0 Å². The van der Waals surface area contributed by atoms with Crippen molar-refractivity contribution in [2.24, 2.45) is 7.05 Å². The van der Waals surface area contributed by atoms with E-state index in [4.69, 9.17) is 4.74 Å². The molecule has 0 aliphatic heterocycles. The lowest BCUT2D eigenvalue weighted by molar-refractivity contribution is 0.142. The van der Waals surface area contributed by atoms with Gasteiger partial charge in [-0.3, -0.25) is 0 Å². The highest BCUT2D eigenvalue weighted by Gasteiger charge is 2.04. The molecular weight excluding hydrogens is 244 g/mol. The number of imidazole rings is 1. The Morgan fingerprint density at radius 3 is 3.05 bits per heavy atom. The van der Waals surface area contributed by atoms with Crippen molar-refractivity contribution in [3.05, 3.63) is 24.5 Å². The summed E-state index contributed by atoms with van der Waals surface area (Å²) < 4.78 is 9.29. The first-order chi connectivity index (χ1) is 9.31. The van der Waals surface area contributed by atoms with E-state index in [0.717, 1.165) is 38.0 Å². The maximum Gasteiger partial charge on any atom is 0.203 e. The van der Waals surface area contributed by atoms with Crippen LogP contribution in [0.1, 0.15) is 19.2 Å². The molecule has 2 rings (SSSR count). The van der Waals surface area contributed by atoms with E-state index in [1.54, 1.807) is 12.5 Å². The lowest BCUT2D eigenvalue weighted by atomic mass is 10.4. The molecule has 0 fully saturated rings. The number of nitrogens with zero attached hydrogens (tertiary/aromatic N) is 5. The van der Waals surface area contributed by atoms with E-state index in [2.05, 4.69) is 25.1 Å². The van der Waals surface area contributed by atoms with Crippen molar-refractivity contribution in [1.82, 2.24) is 24.3 Å². The Hall–Kier alpha value is -1.89. The molecule has 19 heavy (non-hydrogen) atoms. The first-order valence-corrected chi connectivity index (χ1v) is 6.47. The zero-order valence-electron chi connectivity index (χ0n) is 11.4. The summed E-state index contributed by atoms with van der Waals surface area (Å²) in [7, 11) is 1.92. The van der Waals surface area contributed by atoms with Crippen LogP contribution in [0.25, 0.3) is 0 Å². The van der Waals surface area contributed by atoms with Gasteiger partial charge >= 0.3 is 0 Å². The number of rotatable bonds is 8. The molecule has 0 spiro atoms. The third-order valence-electron chi connectivity index (χ3n) is 2.82. The van der Waals surface area contributed by atoms with Crippen molar-refractivity contribution in [2.45, 2.75) is 26.4 Å². The van der Waals surface area contributed by atoms with Crippen LogP contribution in [0.4, 0.5) is 5.95 Å². The first kappa shape index (κ1) is 13.5. The van der Waals surface area contributed by atoms with Crippen molar-refractivity contribution < 1.29 is 4.74 Å². The molecule has 2 aromatic rings. The minimum atomic E-state index is 0.610. The van der Waals surface area contributed by atoms with Gasteiger partial charge in [0.2, 0.25) is 5.95 Å². The van der Waals surface area contributed by atoms with Crippen molar-refractivity contribution in [3.8, 4) is 0 Å². The molecule has 0 atom stereocenters. The van der Waals surface area contributed by atoms with Crippen molar-refractivity contribution >= 4 is 5.95 Å². The molecule has 0 aliphatic rings. The van der Waals surface area contributed by atoms with Crippen LogP contribution in [0.15, 0.2) is 18.7 Å². The highest BCUT2D eigenvalue weighted by molar-refractivity contribution is 5.26. The van der Waals surface area contributed by atoms with Gasteiger partial charge < -0.3 is 19.2 Å². The van der Waals surface area contributed by atoms with Gasteiger partial charge in [0, 0.05) is 39.2 Å². The van der Waals surface area contributed by atoms with Crippen LogP contribution >= 0.6 is 0 Å². The van der Waals surface area contributed by atoms with Crippen LogP contribution in [0.2, 0.25) is 0 Å². The lowest BCUT2D eigenvalue weighted by Gasteiger charge is -2.09. The van der Waals surface area contributed by atoms with Crippen molar-refractivity contribution in [2.75, 3.05) is 18.5 Å². The molecule has 104 valence electrons. The molecule has 2 heterocycles. The van der Waals surface area contributed by atoms with Gasteiger partial charge in [-0.15, -0.1) is 10.2 Å². The van der Waals surface area contributed by atoms with Crippen LogP contribution in [0.3, 0.4) is 0 Å². The molecule has 0 aromatic carbocycles. The predicted molar refractivity (Wildman–Crippen MR) is 71.7 cm³/mol. The maximum atomic E-state index is 5.33. The van der Waals surface area contributed by atoms with Gasteiger partial charge in [0.05, 0.1) is 6.54 Å². The van der Waals surface area contributed by atoms with E-state index in [0.29, 0.717) is 6.54 Å².